The lowest BCUT2D eigenvalue weighted by molar-refractivity contribution is 0.749. The fourth-order valence-electron chi connectivity index (χ4n) is 2.68. The molecule has 0 radical (unpaired) electrons. The number of hydrogen-bond donors (Lipinski definition) is 2. The first-order valence-corrected chi connectivity index (χ1v) is 7.54. The number of hydrogen-bond acceptors (Lipinski definition) is 5. The van der Waals surface area contributed by atoms with E-state index in [-0.39, 0.29) is 0 Å². The topological polar surface area (TPSA) is 62.7 Å². The first kappa shape index (κ1) is 13.8. The van der Waals surface area contributed by atoms with Crippen molar-refractivity contribution in [3.63, 3.8) is 0 Å². The van der Waals surface area contributed by atoms with Crippen LogP contribution in [-0.4, -0.2) is 21.0 Å². The standard InChI is InChI=1S/C16H21N5/c1-12-9-15(20-14-6-2-3-7-14)21-16(19-12)18-11-13-5-4-8-17-10-13/h4-5,8-10,14H,2-3,6-7,11H2,1H3,(H2,18,19,20,21). The van der Waals surface area contributed by atoms with Crippen molar-refractivity contribution in [2.75, 3.05) is 10.6 Å². The summed E-state index contributed by atoms with van der Waals surface area (Å²) in [6.45, 7) is 2.68. The van der Waals surface area contributed by atoms with E-state index < -0.39 is 0 Å². The fraction of sp³-hybridized carbons (Fsp3) is 0.438. The van der Waals surface area contributed by atoms with E-state index in [4.69, 9.17) is 0 Å². The van der Waals surface area contributed by atoms with Crippen LogP contribution >= 0.6 is 0 Å². The van der Waals surface area contributed by atoms with Gasteiger partial charge in [0.1, 0.15) is 5.82 Å². The minimum Gasteiger partial charge on any atom is -0.367 e. The van der Waals surface area contributed by atoms with Crippen molar-refractivity contribution in [1.29, 1.82) is 0 Å². The largest absolute Gasteiger partial charge is 0.367 e. The predicted octanol–water partition coefficient (Wildman–Crippen LogP) is 3.15. The molecule has 0 amide bonds. The Morgan fingerprint density at radius 2 is 2.10 bits per heavy atom. The number of nitrogens with one attached hydrogen (secondary N) is 2. The summed E-state index contributed by atoms with van der Waals surface area (Å²) < 4.78 is 0. The highest BCUT2D eigenvalue weighted by molar-refractivity contribution is 5.43. The van der Waals surface area contributed by atoms with Crippen LogP contribution in [0.1, 0.15) is 36.9 Å². The van der Waals surface area contributed by atoms with Crippen LogP contribution in [0.15, 0.2) is 30.6 Å². The average Bonchev–Trinajstić information content (AvgIpc) is 2.99. The summed E-state index contributed by atoms with van der Waals surface area (Å²) in [6, 6.07) is 6.54. The van der Waals surface area contributed by atoms with Crippen LogP contribution < -0.4 is 10.6 Å². The molecule has 1 aliphatic rings. The van der Waals surface area contributed by atoms with Crippen LogP contribution in [0.3, 0.4) is 0 Å². The number of pyridine rings is 1. The van der Waals surface area contributed by atoms with Crippen LogP contribution in [0.25, 0.3) is 0 Å². The van der Waals surface area contributed by atoms with Crippen molar-refractivity contribution < 1.29 is 0 Å². The van der Waals surface area contributed by atoms with E-state index in [0.29, 0.717) is 18.5 Å². The molecule has 5 heteroatoms. The quantitative estimate of drug-likeness (QED) is 0.882. The van der Waals surface area contributed by atoms with Gasteiger partial charge in [-0.2, -0.15) is 4.98 Å². The Balaban J connectivity index is 1.65. The third-order valence-corrected chi connectivity index (χ3v) is 3.73. The van der Waals surface area contributed by atoms with E-state index in [0.717, 1.165) is 17.1 Å². The summed E-state index contributed by atoms with van der Waals surface area (Å²) in [5.74, 6) is 1.59. The van der Waals surface area contributed by atoms with Gasteiger partial charge in [-0.05, 0) is 31.4 Å². The summed E-state index contributed by atoms with van der Waals surface area (Å²) in [5.41, 5.74) is 2.09. The van der Waals surface area contributed by atoms with Crippen LogP contribution in [0, 0.1) is 6.92 Å². The Morgan fingerprint density at radius 3 is 2.86 bits per heavy atom. The first-order chi connectivity index (χ1) is 10.3. The molecule has 0 atom stereocenters. The zero-order valence-electron chi connectivity index (χ0n) is 12.3. The molecule has 0 spiro atoms. The van der Waals surface area contributed by atoms with Gasteiger partial charge >= 0.3 is 0 Å². The molecule has 5 nitrogen and oxygen atoms in total. The minimum absolute atomic E-state index is 0.561. The Labute approximate surface area is 125 Å². The van der Waals surface area contributed by atoms with Gasteiger partial charge < -0.3 is 10.6 Å². The molecule has 0 bridgehead atoms. The first-order valence-electron chi connectivity index (χ1n) is 7.54. The van der Waals surface area contributed by atoms with Gasteiger partial charge in [0.05, 0.1) is 0 Å². The third kappa shape index (κ3) is 3.90. The second kappa shape index (κ2) is 6.52. The van der Waals surface area contributed by atoms with Crippen molar-refractivity contribution in [1.82, 2.24) is 15.0 Å². The molecule has 1 fully saturated rings. The number of aromatic nitrogens is 3. The lowest BCUT2D eigenvalue weighted by Gasteiger charge is -2.14. The molecule has 0 aliphatic heterocycles. The molecule has 1 saturated carbocycles. The van der Waals surface area contributed by atoms with Gasteiger partial charge in [0.15, 0.2) is 0 Å². The van der Waals surface area contributed by atoms with Gasteiger partial charge in [0, 0.05) is 36.7 Å². The average molecular weight is 283 g/mol. The summed E-state index contributed by atoms with van der Waals surface area (Å²) in [6.07, 6.45) is 8.72. The number of rotatable bonds is 5. The molecule has 21 heavy (non-hydrogen) atoms. The van der Waals surface area contributed by atoms with Gasteiger partial charge in [-0.15, -0.1) is 0 Å². The SMILES string of the molecule is Cc1cc(NC2CCCC2)nc(NCc2cccnc2)n1. The second-order valence-corrected chi connectivity index (χ2v) is 5.56. The fourth-order valence-corrected chi connectivity index (χ4v) is 2.68. The van der Waals surface area contributed by atoms with Gasteiger partial charge in [-0.1, -0.05) is 18.9 Å². The van der Waals surface area contributed by atoms with E-state index in [1.165, 1.54) is 25.7 Å². The van der Waals surface area contributed by atoms with E-state index >= 15 is 0 Å². The maximum atomic E-state index is 4.56. The highest BCUT2D eigenvalue weighted by Gasteiger charge is 2.15. The van der Waals surface area contributed by atoms with Gasteiger partial charge in [-0.3, -0.25) is 4.98 Å². The molecule has 2 aromatic heterocycles. The third-order valence-electron chi connectivity index (χ3n) is 3.73. The Hall–Kier alpha value is -2.17. The lowest BCUT2D eigenvalue weighted by Crippen LogP contribution is -2.16. The van der Waals surface area contributed by atoms with Gasteiger partial charge in [0.2, 0.25) is 5.95 Å². The lowest BCUT2D eigenvalue weighted by atomic mass is 10.2. The van der Waals surface area contributed by atoms with Crippen molar-refractivity contribution in [3.8, 4) is 0 Å². The maximum Gasteiger partial charge on any atom is 0.225 e. The van der Waals surface area contributed by atoms with E-state index in [2.05, 4.69) is 25.6 Å². The summed E-state index contributed by atoms with van der Waals surface area (Å²) in [4.78, 5) is 13.1. The zero-order valence-corrected chi connectivity index (χ0v) is 12.3. The van der Waals surface area contributed by atoms with Crippen LogP contribution in [0.4, 0.5) is 11.8 Å². The number of nitrogens with zero attached hydrogens (tertiary/aromatic N) is 3. The number of aryl methyl sites for hydroxylation is 1. The van der Waals surface area contributed by atoms with Crippen LogP contribution in [-0.2, 0) is 6.54 Å². The molecular weight excluding hydrogens is 262 g/mol. The highest BCUT2D eigenvalue weighted by Crippen LogP contribution is 2.22. The predicted molar refractivity (Wildman–Crippen MR) is 84.2 cm³/mol. The van der Waals surface area contributed by atoms with E-state index in [1.54, 1.807) is 6.20 Å². The molecule has 3 rings (SSSR count). The van der Waals surface area contributed by atoms with Gasteiger partial charge in [-0.25, -0.2) is 4.98 Å². The Kier molecular flexibility index (Phi) is 4.28. The molecular formula is C16H21N5. The molecule has 1 aliphatic carbocycles. The zero-order chi connectivity index (χ0) is 14.5. The molecule has 2 heterocycles. The van der Waals surface area contributed by atoms with Crippen molar-refractivity contribution >= 4 is 11.8 Å². The monoisotopic (exact) mass is 283 g/mol. The maximum absolute atomic E-state index is 4.56. The van der Waals surface area contributed by atoms with Crippen molar-refractivity contribution in [3.05, 3.63) is 41.9 Å². The summed E-state index contributed by atoms with van der Waals surface area (Å²) >= 11 is 0. The van der Waals surface area contributed by atoms with E-state index in [1.807, 2.05) is 31.3 Å². The summed E-state index contributed by atoms with van der Waals surface area (Å²) in [5, 5.41) is 6.78. The molecule has 2 aromatic rings. The summed E-state index contributed by atoms with van der Waals surface area (Å²) in [7, 11) is 0. The smallest absolute Gasteiger partial charge is 0.225 e. The van der Waals surface area contributed by atoms with Crippen LogP contribution in [0.2, 0.25) is 0 Å². The molecule has 110 valence electrons. The molecule has 0 saturated heterocycles. The van der Waals surface area contributed by atoms with Crippen LogP contribution in [0.5, 0.6) is 0 Å². The normalized spacial score (nSPS) is 15.1. The number of anilines is 2. The Bertz CT molecular complexity index is 578. The van der Waals surface area contributed by atoms with Crippen molar-refractivity contribution in [2.24, 2.45) is 0 Å². The highest BCUT2D eigenvalue weighted by atomic mass is 15.1. The Morgan fingerprint density at radius 1 is 1.24 bits per heavy atom. The van der Waals surface area contributed by atoms with E-state index in [9.17, 15) is 0 Å². The minimum atomic E-state index is 0.561. The second-order valence-electron chi connectivity index (χ2n) is 5.56. The molecule has 2 N–H and O–H groups in total. The van der Waals surface area contributed by atoms with Crippen molar-refractivity contribution in [2.45, 2.75) is 45.2 Å². The van der Waals surface area contributed by atoms with Gasteiger partial charge in [0.25, 0.3) is 0 Å². The molecule has 0 unspecified atom stereocenters. The molecule has 0 aromatic carbocycles.